The molecule has 3 aromatic rings. The molecule has 0 aliphatic heterocycles. The predicted octanol–water partition coefficient (Wildman–Crippen LogP) is 5.08. The van der Waals surface area contributed by atoms with E-state index in [2.05, 4.69) is 0 Å². The van der Waals surface area contributed by atoms with Crippen LogP contribution in [-0.4, -0.2) is 27.3 Å². The molecule has 3 aromatic carbocycles. The second-order valence-electron chi connectivity index (χ2n) is 5.74. The highest BCUT2D eigenvalue weighted by atomic mass is 16.5. The Morgan fingerprint density at radius 3 is 1.32 bits per heavy atom. The first-order valence-corrected chi connectivity index (χ1v) is 8.48. The first-order chi connectivity index (χ1) is 13.6. The van der Waals surface area contributed by atoms with E-state index in [1.165, 1.54) is 7.11 Å². The minimum atomic E-state index is -0.486. The molecule has 0 fully saturated rings. The summed E-state index contributed by atoms with van der Waals surface area (Å²) in [5, 5.41) is 0. The highest BCUT2D eigenvalue weighted by Crippen LogP contribution is 2.31. The normalized spacial score (nSPS) is 10.1. The van der Waals surface area contributed by atoms with Gasteiger partial charge in [0, 0.05) is 6.07 Å². The zero-order chi connectivity index (χ0) is 19.9. The van der Waals surface area contributed by atoms with Crippen LogP contribution in [0.1, 0.15) is 10.4 Å². The second kappa shape index (κ2) is 8.81. The van der Waals surface area contributed by atoms with Crippen LogP contribution < -0.4 is 18.9 Å². The highest BCUT2D eigenvalue weighted by molar-refractivity contribution is 5.90. The summed E-state index contributed by atoms with van der Waals surface area (Å²) in [5.74, 6) is 3.03. The molecule has 0 saturated heterocycles. The van der Waals surface area contributed by atoms with Crippen molar-refractivity contribution in [2.24, 2.45) is 0 Å². The Morgan fingerprint density at radius 1 is 0.571 bits per heavy atom. The molecular formula is C22H20O6. The van der Waals surface area contributed by atoms with Crippen molar-refractivity contribution in [2.75, 3.05) is 21.3 Å². The molecule has 0 aromatic heterocycles. The molecule has 0 bridgehead atoms. The Bertz CT molecular complexity index is 864. The van der Waals surface area contributed by atoms with Gasteiger partial charge in [-0.05, 0) is 60.7 Å². The number of ether oxygens (including phenoxy) is 5. The van der Waals surface area contributed by atoms with E-state index in [1.807, 2.05) is 0 Å². The number of esters is 1. The first-order valence-electron chi connectivity index (χ1n) is 8.48. The predicted molar refractivity (Wildman–Crippen MR) is 104 cm³/mol. The van der Waals surface area contributed by atoms with E-state index in [1.54, 1.807) is 80.9 Å². The van der Waals surface area contributed by atoms with Gasteiger partial charge in [0.2, 0.25) is 0 Å². The zero-order valence-corrected chi connectivity index (χ0v) is 15.8. The van der Waals surface area contributed by atoms with Gasteiger partial charge in [0.25, 0.3) is 0 Å². The smallest absolute Gasteiger partial charge is 0.338 e. The third kappa shape index (κ3) is 4.73. The molecule has 144 valence electrons. The molecule has 3 rings (SSSR count). The van der Waals surface area contributed by atoms with Gasteiger partial charge in [0.05, 0.1) is 26.9 Å². The third-order valence-electron chi connectivity index (χ3n) is 3.89. The van der Waals surface area contributed by atoms with Crippen LogP contribution in [0.15, 0.2) is 66.7 Å². The van der Waals surface area contributed by atoms with Crippen molar-refractivity contribution < 1.29 is 28.5 Å². The fraction of sp³-hybridized carbons (Fsp3) is 0.136. The first kappa shape index (κ1) is 19.1. The van der Waals surface area contributed by atoms with Crippen molar-refractivity contribution in [3.8, 4) is 34.5 Å². The fourth-order valence-electron chi connectivity index (χ4n) is 2.48. The molecule has 6 heteroatoms. The number of methoxy groups -OCH3 is 3. The number of carbonyl (C=O) groups is 1. The van der Waals surface area contributed by atoms with E-state index in [9.17, 15) is 4.79 Å². The van der Waals surface area contributed by atoms with Gasteiger partial charge in [-0.3, -0.25) is 0 Å². The van der Waals surface area contributed by atoms with Crippen LogP contribution in [0.2, 0.25) is 0 Å². The molecule has 0 heterocycles. The standard InChI is InChI=1S/C22H20O6/c1-24-16-4-8-18(9-5-16)27-20-12-15(22(23)26-3)13-21(14-20)28-19-10-6-17(25-2)7-11-19/h4-14H,1-3H3. The van der Waals surface area contributed by atoms with Gasteiger partial charge in [0.1, 0.15) is 34.5 Å². The number of hydrogen-bond acceptors (Lipinski definition) is 6. The molecule has 0 radical (unpaired) electrons. The molecule has 0 aliphatic rings. The lowest BCUT2D eigenvalue weighted by molar-refractivity contribution is 0.0600. The summed E-state index contributed by atoms with van der Waals surface area (Å²) in [5.41, 5.74) is 0.317. The lowest BCUT2D eigenvalue weighted by Crippen LogP contribution is -2.02. The average molecular weight is 380 g/mol. The zero-order valence-electron chi connectivity index (χ0n) is 15.8. The van der Waals surface area contributed by atoms with E-state index in [0.29, 0.717) is 28.6 Å². The molecule has 0 spiro atoms. The van der Waals surface area contributed by atoms with E-state index >= 15 is 0 Å². The molecule has 0 N–H and O–H groups in total. The monoisotopic (exact) mass is 380 g/mol. The van der Waals surface area contributed by atoms with Gasteiger partial charge < -0.3 is 23.7 Å². The van der Waals surface area contributed by atoms with E-state index in [4.69, 9.17) is 23.7 Å². The fourth-order valence-corrected chi connectivity index (χ4v) is 2.48. The Labute approximate surface area is 163 Å². The lowest BCUT2D eigenvalue weighted by Gasteiger charge is -2.12. The third-order valence-corrected chi connectivity index (χ3v) is 3.89. The molecule has 0 unspecified atom stereocenters. The van der Waals surface area contributed by atoms with Crippen LogP contribution in [0, 0.1) is 0 Å². The Hall–Kier alpha value is -3.67. The van der Waals surface area contributed by atoms with Crippen molar-refractivity contribution in [2.45, 2.75) is 0 Å². The van der Waals surface area contributed by atoms with Gasteiger partial charge >= 0.3 is 5.97 Å². The van der Waals surface area contributed by atoms with E-state index < -0.39 is 5.97 Å². The van der Waals surface area contributed by atoms with Gasteiger partial charge in [-0.25, -0.2) is 4.79 Å². The summed E-state index contributed by atoms with van der Waals surface area (Å²) in [4.78, 5) is 12.0. The lowest BCUT2D eigenvalue weighted by atomic mass is 10.2. The Balaban J connectivity index is 1.87. The second-order valence-corrected chi connectivity index (χ2v) is 5.74. The van der Waals surface area contributed by atoms with Crippen molar-refractivity contribution in [1.29, 1.82) is 0 Å². The topological polar surface area (TPSA) is 63.2 Å². The van der Waals surface area contributed by atoms with Crippen molar-refractivity contribution in [3.63, 3.8) is 0 Å². The van der Waals surface area contributed by atoms with Crippen LogP contribution in [0.4, 0.5) is 0 Å². The minimum absolute atomic E-state index is 0.317. The molecule has 0 saturated carbocycles. The quantitative estimate of drug-likeness (QED) is 0.533. The molecular weight excluding hydrogens is 360 g/mol. The van der Waals surface area contributed by atoms with Gasteiger partial charge in [-0.2, -0.15) is 0 Å². The molecule has 6 nitrogen and oxygen atoms in total. The summed E-state index contributed by atoms with van der Waals surface area (Å²) >= 11 is 0. The van der Waals surface area contributed by atoms with Crippen LogP contribution in [-0.2, 0) is 4.74 Å². The average Bonchev–Trinajstić information content (AvgIpc) is 2.74. The largest absolute Gasteiger partial charge is 0.497 e. The summed E-state index contributed by atoms with van der Waals surface area (Å²) in [6.45, 7) is 0. The SMILES string of the molecule is COC(=O)c1cc(Oc2ccc(OC)cc2)cc(Oc2ccc(OC)cc2)c1. The van der Waals surface area contributed by atoms with Crippen molar-refractivity contribution >= 4 is 5.97 Å². The summed E-state index contributed by atoms with van der Waals surface area (Å²) in [7, 11) is 4.51. The Kier molecular flexibility index (Phi) is 6.01. The van der Waals surface area contributed by atoms with Crippen molar-refractivity contribution in [3.05, 3.63) is 72.3 Å². The summed E-state index contributed by atoms with van der Waals surface area (Å²) in [6, 6.07) is 19.1. The van der Waals surface area contributed by atoms with E-state index in [-0.39, 0.29) is 0 Å². The summed E-state index contributed by atoms with van der Waals surface area (Å²) < 4.78 is 26.8. The number of benzene rings is 3. The maximum Gasteiger partial charge on any atom is 0.338 e. The van der Waals surface area contributed by atoms with Crippen LogP contribution in [0.3, 0.4) is 0 Å². The van der Waals surface area contributed by atoms with Crippen LogP contribution in [0.5, 0.6) is 34.5 Å². The maximum absolute atomic E-state index is 12.0. The molecule has 0 aliphatic carbocycles. The number of carbonyl (C=O) groups excluding carboxylic acids is 1. The summed E-state index contributed by atoms with van der Waals surface area (Å²) in [6.07, 6.45) is 0. The highest BCUT2D eigenvalue weighted by Gasteiger charge is 2.12. The molecule has 0 amide bonds. The van der Waals surface area contributed by atoms with Crippen LogP contribution >= 0.6 is 0 Å². The Morgan fingerprint density at radius 2 is 0.964 bits per heavy atom. The number of rotatable bonds is 7. The maximum atomic E-state index is 12.0. The number of hydrogen-bond donors (Lipinski definition) is 0. The van der Waals surface area contributed by atoms with E-state index in [0.717, 1.165) is 11.5 Å². The van der Waals surface area contributed by atoms with Gasteiger partial charge in [-0.15, -0.1) is 0 Å². The molecule has 0 atom stereocenters. The van der Waals surface area contributed by atoms with Gasteiger partial charge in [0.15, 0.2) is 0 Å². The van der Waals surface area contributed by atoms with Crippen LogP contribution in [0.25, 0.3) is 0 Å². The van der Waals surface area contributed by atoms with Crippen molar-refractivity contribution in [1.82, 2.24) is 0 Å². The minimum Gasteiger partial charge on any atom is -0.497 e. The van der Waals surface area contributed by atoms with Gasteiger partial charge in [-0.1, -0.05) is 0 Å². The molecule has 28 heavy (non-hydrogen) atoms.